The number of carbonyl (C=O) groups is 1. The fraction of sp³-hybridized carbons (Fsp3) is 0.0526. The molecule has 0 saturated heterocycles. The molecule has 25 heavy (non-hydrogen) atoms. The first kappa shape index (κ1) is 15.9. The molecule has 124 valence electrons. The highest BCUT2D eigenvalue weighted by Crippen LogP contribution is 2.35. The van der Waals surface area contributed by atoms with Gasteiger partial charge in [0.1, 0.15) is 10.8 Å². The van der Waals surface area contributed by atoms with Gasteiger partial charge in [0.25, 0.3) is 5.91 Å². The maximum atomic E-state index is 12.2. The van der Waals surface area contributed by atoms with E-state index in [-0.39, 0.29) is 5.91 Å². The SMILES string of the molecule is COc1cccc(-c2nc(C=C3C(=O)Nc4cc(Cl)ccc43)cs2)c1. The lowest BCUT2D eigenvalue weighted by atomic mass is 10.1. The number of anilines is 1. The number of rotatable bonds is 3. The van der Waals surface area contributed by atoms with Gasteiger partial charge in [-0.3, -0.25) is 4.79 Å². The topological polar surface area (TPSA) is 51.2 Å². The van der Waals surface area contributed by atoms with E-state index in [2.05, 4.69) is 10.3 Å². The molecule has 0 aliphatic carbocycles. The van der Waals surface area contributed by atoms with Crippen molar-refractivity contribution in [2.24, 2.45) is 0 Å². The number of amides is 1. The molecule has 0 radical (unpaired) electrons. The summed E-state index contributed by atoms with van der Waals surface area (Å²) in [4.78, 5) is 16.9. The quantitative estimate of drug-likeness (QED) is 0.664. The maximum absolute atomic E-state index is 12.2. The number of carbonyl (C=O) groups excluding carboxylic acids is 1. The van der Waals surface area contributed by atoms with E-state index in [1.165, 1.54) is 11.3 Å². The molecule has 1 amide bonds. The summed E-state index contributed by atoms with van der Waals surface area (Å²) in [5.74, 6) is 0.641. The Morgan fingerprint density at radius 2 is 2.12 bits per heavy atom. The van der Waals surface area contributed by atoms with Crippen molar-refractivity contribution in [3.05, 3.63) is 64.1 Å². The maximum Gasteiger partial charge on any atom is 0.256 e. The fourth-order valence-electron chi connectivity index (χ4n) is 2.70. The number of thiazole rings is 1. The Morgan fingerprint density at radius 3 is 2.96 bits per heavy atom. The van der Waals surface area contributed by atoms with Crippen LogP contribution in [0, 0.1) is 0 Å². The number of benzene rings is 2. The van der Waals surface area contributed by atoms with Gasteiger partial charge in [0.2, 0.25) is 0 Å². The van der Waals surface area contributed by atoms with E-state index < -0.39 is 0 Å². The number of nitrogens with zero attached hydrogens (tertiary/aromatic N) is 1. The molecular formula is C19H13ClN2O2S. The van der Waals surface area contributed by atoms with Gasteiger partial charge in [-0.05, 0) is 30.3 Å². The van der Waals surface area contributed by atoms with Crippen LogP contribution in [0.5, 0.6) is 5.75 Å². The third-order valence-corrected chi connectivity index (χ3v) is 5.04. The van der Waals surface area contributed by atoms with E-state index in [0.717, 1.165) is 33.3 Å². The zero-order chi connectivity index (χ0) is 17.4. The van der Waals surface area contributed by atoms with E-state index in [1.54, 1.807) is 25.3 Å². The van der Waals surface area contributed by atoms with Gasteiger partial charge in [-0.1, -0.05) is 29.8 Å². The monoisotopic (exact) mass is 368 g/mol. The number of halogens is 1. The van der Waals surface area contributed by atoms with Crippen LogP contribution in [-0.2, 0) is 4.79 Å². The summed E-state index contributed by atoms with van der Waals surface area (Å²) in [6.45, 7) is 0. The van der Waals surface area contributed by atoms with Crippen LogP contribution in [0.1, 0.15) is 11.3 Å². The lowest BCUT2D eigenvalue weighted by Gasteiger charge is -2.01. The van der Waals surface area contributed by atoms with Crippen molar-refractivity contribution < 1.29 is 9.53 Å². The predicted octanol–water partition coefficient (Wildman–Crippen LogP) is 4.96. The molecule has 1 aliphatic rings. The van der Waals surface area contributed by atoms with Crippen molar-refractivity contribution in [2.45, 2.75) is 0 Å². The van der Waals surface area contributed by atoms with Crippen LogP contribution in [0.15, 0.2) is 47.8 Å². The molecule has 2 heterocycles. The Labute approximate surface area is 153 Å². The van der Waals surface area contributed by atoms with Crippen molar-refractivity contribution >= 4 is 46.2 Å². The molecule has 1 N–H and O–H groups in total. The van der Waals surface area contributed by atoms with Crippen LogP contribution in [0.3, 0.4) is 0 Å². The standard InChI is InChI=1S/C19H13ClN2O2S/c1-24-14-4-2-3-11(7-14)19-21-13(10-25-19)9-16-15-6-5-12(20)8-17(15)22-18(16)23/h2-10H,1H3,(H,22,23). The van der Waals surface area contributed by atoms with E-state index in [9.17, 15) is 4.79 Å². The smallest absolute Gasteiger partial charge is 0.256 e. The van der Waals surface area contributed by atoms with E-state index in [4.69, 9.17) is 16.3 Å². The van der Waals surface area contributed by atoms with Crippen molar-refractivity contribution in [1.82, 2.24) is 4.98 Å². The molecule has 0 unspecified atom stereocenters. The highest BCUT2D eigenvalue weighted by Gasteiger charge is 2.24. The van der Waals surface area contributed by atoms with Gasteiger partial charge in [-0.2, -0.15) is 0 Å². The number of hydrogen-bond acceptors (Lipinski definition) is 4. The molecule has 2 aromatic carbocycles. The minimum Gasteiger partial charge on any atom is -0.497 e. The molecular weight excluding hydrogens is 356 g/mol. The van der Waals surface area contributed by atoms with Crippen LogP contribution in [0.2, 0.25) is 5.02 Å². The van der Waals surface area contributed by atoms with Gasteiger partial charge in [0.05, 0.1) is 24.1 Å². The lowest BCUT2D eigenvalue weighted by Crippen LogP contribution is -2.03. The van der Waals surface area contributed by atoms with E-state index in [0.29, 0.717) is 10.6 Å². The molecule has 0 saturated carbocycles. The van der Waals surface area contributed by atoms with Crippen molar-refractivity contribution in [2.75, 3.05) is 12.4 Å². The van der Waals surface area contributed by atoms with Crippen LogP contribution >= 0.6 is 22.9 Å². The largest absolute Gasteiger partial charge is 0.497 e. The first-order chi connectivity index (χ1) is 12.1. The van der Waals surface area contributed by atoms with Crippen LogP contribution in [-0.4, -0.2) is 18.0 Å². The molecule has 0 fully saturated rings. The average Bonchev–Trinajstić information content (AvgIpc) is 3.20. The number of methoxy groups -OCH3 is 1. The first-order valence-corrected chi connectivity index (χ1v) is 8.83. The highest BCUT2D eigenvalue weighted by molar-refractivity contribution is 7.13. The molecule has 4 rings (SSSR count). The summed E-state index contributed by atoms with van der Waals surface area (Å²) in [5.41, 5.74) is 3.89. The van der Waals surface area contributed by atoms with Gasteiger partial charge >= 0.3 is 0 Å². The summed E-state index contributed by atoms with van der Waals surface area (Å²) in [6, 6.07) is 13.1. The fourth-order valence-corrected chi connectivity index (χ4v) is 3.65. The number of nitrogens with one attached hydrogen (secondary N) is 1. The molecule has 0 spiro atoms. The highest BCUT2D eigenvalue weighted by atomic mass is 35.5. The molecule has 1 aliphatic heterocycles. The van der Waals surface area contributed by atoms with Gasteiger partial charge in [-0.25, -0.2) is 4.98 Å². The Hall–Kier alpha value is -2.63. The first-order valence-electron chi connectivity index (χ1n) is 7.57. The Bertz CT molecular complexity index is 1010. The Morgan fingerprint density at radius 1 is 1.24 bits per heavy atom. The summed E-state index contributed by atoms with van der Waals surface area (Å²) in [5, 5.41) is 6.23. The van der Waals surface area contributed by atoms with E-state index in [1.807, 2.05) is 35.7 Å². The number of ether oxygens (including phenoxy) is 1. The summed E-state index contributed by atoms with van der Waals surface area (Å²) in [7, 11) is 1.64. The van der Waals surface area contributed by atoms with Gasteiger partial charge < -0.3 is 10.1 Å². The molecule has 3 aromatic rings. The predicted molar refractivity (Wildman–Crippen MR) is 102 cm³/mol. The zero-order valence-corrected chi connectivity index (χ0v) is 14.8. The second kappa shape index (κ2) is 6.35. The molecule has 0 bridgehead atoms. The van der Waals surface area contributed by atoms with Crippen molar-refractivity contribution in [3.8, 4) is 16.3 Å². The van der Waals surface area contributed by atoms with Crippen molar-refractivity contribution in [1.29, 1.82) is 0 Å². The second-order valence-corrected chi connectivity index (χ2v) is 6.81. The third-order valence-electron chi connectivity index (χ3n) is 3.90. The minimum atomic E-state index is -0.145. The lowest BCUT2D eigenvalue weighted by molar-refractivity contribution is -0.110. The molecule has 0 atom stereocenters. The van der Waals surface area contributed by atoms with E-state index >= 15 is 0 Å². The van der Waals surface area contributed by atoms with Gasteiger partial charge in [0, 0.05) is 21.5 Å². The molecule has 1 aromatic heterocycles. The number of fused-ring (bicyclic) bond motifs is 1. The summed E-state index contributed by atoms with van der Waals surface area (Å²) in [6.07, 6.45) is 1.80. The summed E-state index contributed by atoms with van der Waals surface area (Å²) >= 11 is 7.51. The number of aromatic nitrogens is 1. The normalized spacial score (nSPS) is 14.5. The number of hydrogen-bond donors (Lipinski definition) is 1. The summed E-state index contributed by atoms with van der Waals surface area (Å²) < 4.78 is 5.25. The second-order valence-electron chi connectivity index (χ2n) is 5.51. The average molecular weight is 369 g/mol. The van der Waals surface area contributed by atoms with Crippen LogP contribution in [0.4, 0.5) is 5.69 Å². The van der Waals surface area contributed by atoms with Crippen LogP contribution < -0.4 is 10.1 Å². The van der Waals surface area contributed by atoms with Crippen LogP contribution in [0.25, 0.3) is 22.2 Å². The minimum absolute atomic E-state index is 0.145. The molecule has 4 nitrogen and oxygen atoms in total. The Kier molecular flexibility index (Phi) is 4.03. The van der Waals surface area contributed by atoms with Crippen molar-refractivity contribution in [3.63, 3.8) is 0 Å². The van der Waals surface area contributed by atoms with Gasteiger partial charge in [-0.15, -0.1) is 11.3 Å². The third kappa shape index (κ3) is 3.04. The Balaban J connectivity index is 1.69. The molecule has 6 heteroatoms. The van der Waals surface area contributed by atoms with Gasteiger partial charge in [0.15, 0.2) is 0 Å². The zero-order valence-electron chi connectivity index (χ0n) is 13.2.